The number of hydrogen-bond acceptors (Lipinski definition) is 2. The van der Waals surface area contributed by atoms with Crippen LogP contribution >= 0.6 is 0 Å². The lowest BCUT2D eigenvalue weighted by atomic mass is 9.84. The molecule has 0 bridgehead atoms. The van der Waals surface area contributed by atoms with Crippen molar-refractivity contribution < 1.29 is 14.7 Å². The molecule has 2 aromatic rings. The molecule has 2 rings (SSSR count). The van der Waals surface area contributed by atoms with Crippen molar-refractivity contribution in [1.29, 1.82) is 0 Å². The SMILES string of the molecule is CN(C)C(=O)c1ccc(-c2ccc(C(C)(C)C(=O)O)cc2)cc1. The van der Waals surface area contributed by atoms with Crippen molar-refractivity contribution in [2.75, 3.05) is 14.1 Å². The fourth-order valence-corrected chi connectivity index (χ4v) is 2.27. The molecule has 1 N–H and O–H groups in total. The second-order valence-corrected chi connectivity index (χ2v) is 6.28. The summed E-state index contributed by atoms with van der Waals surface area (Å²) in [6.07, 6.45) is 0. The summed E-state index contributed by atoms with van der Waals surface area (Å²) in [5, 5.41) is 9.27. The number of aliphatic carboxylic acids is 1. The van der Waals surface area contributed by atoms with E-state index in [1.165, 1.54) is 4.90 Å². The smallest absolute Gasteiger partial charge is 0.313 e. The molecule has 0 heterocycles. The number of carboxylic acids is 1. The van der Waals surface area contributed by atoms with Crippen LogP contribution < -0.4 is 0 Å². The molecule has 0 aliphatic carbocycles. The average molecular weight is 311 g/mol. The monoisotopic (exact) mass is 311 g/mol. The lowest BCUT2D eigenvalue weighted by Crippen LogP contribution is -2.28. The van der Waals surface area contributed by atoms with Gasteiger partial charge < -0.3 is 10.0 Å². The van der Waals surface area contributed by atoms with E-state index in [-0.39, 0.29) is 5.91 Å². The van der Waals surface area contributed by atoms with Crippen LogP contribution in [0.15, 0.2) is 48.5 Å². The van der Waals surface area contributed by atoms with Crippen LogP contribution in [-0.4, -0.2) is 36.0 Å². The number of carbonyl (C=O) groups excluding carboxylic acids is 1. The van der Waals surface area contributed by atoms with E-state index in [9.17, 15) is 14.7 Å². The van der Waals surface area contributed by atoms with Gasteiger partial charge in [-0.2, -0.15) is 0 Å². The second kappa shape index (κ2) is 6.24. The Labute approximate surface area is 136 Å². The molecule has 0 atom stereocenters. The predicted molar refractivity (Wildman–Crippen MR) is 90.6 cm³/mol. The van der Waals surface area contributed by atoms with Crippen molar-refractivity contribution in [3.63, 3.8) is 0 Å². The van der Waals surface area contributed by atoms with Gasteiger partial charge in [-0.15, -0.1) is 0 Å². The molecule has 0 aliphatic rings. The van der Waals surface area contributed by atoms with E-state index >= 15 is 0 Å². The molecule has 0 saturated carbocycles. The predicted octanol–water partition coefficient (Wildman–Crippen LogP) is 3.42. The Kier molecular flexibility index (Phi) is 4.55. The normalized spacial score (nSPS) is 11.1. The van der Waals surface area contributed by atoms with Crippen LogP contribution in [-0.2, 0) is 10.2 Å². The summed E-state index contributed by atoms with van der Waals surface area (Å²) in [7, 11) is 3.44. The Morgan fingerprint density at radius 2 is 1.30 bits per heavy atom. The Morgan fingerprint density at radius 3 is 1.70 bits per heavy atom. The van der Waals surface area contributed by atoms with E-state index in [0.717, 1.165) is 16.7 Å². The molecule has 0 radical (unpaired) electrons. The summed E-state index contributed by atoms with van der Waals surface area (Å²) in [6, 6.07) is 14.9. The molecular formula is C19H21NO3. The van der Waals surface area contributed by atoms with Gasteiger partial charge in [0.15, 0.2) is 0 Å². The van der Waals surface area contributed by atoms with Crippen LogP contribution in [0.1, 0.15) is 29.8 Å². The van der Waals surface area contributed by atoms with Gasteiger partial charge in [0.2, 0.25) is 0 Å². The number of nitrogens with zero attached hydrogens (tertiary/aromatic N) is 1. The molecule has 0 unspecified atom stereocenters. The first kappa shape index (κ1) is 16.7. The van der Waals surface area contributed by atoms with Gasteiger partial charge in [-0.3, -0.25) is 9.59 Å². The van der Waals surface area contributed by atoms with Crippen LogP contribution in [0.25, 0.3) is 11.1 Å². The lowest BCUT2D eigenvalue weighted by Gasteiger charge is -2.20. The summed E-state index contributed by atoms with van der Waals surface area (Å²) >= 11 is 0. The first-order valence-corrected chi connectivity index (χ1v) is 7.39. The molecule has 2 aromatic carbocycles. The number of hydrogen-bond donors (Lipinski definition) is 1. The zero-order valence-corrected chi connectivity index (χ0v) is 13.8. The summed E-state index contributed by atoms with van der Waals surface area (Å²) in [5.41, 5.74) is 2.45. The zero-order valence-electron chi connectivity index (χ0n) is 13.8. The highest BCUT2D eigenvalue weighted by atomic mass is 16.4. The van der Waals surface area contributed by atoms with E-state index in [1.54, 1.807) is 40.1 Å². The van der Waals surface area contributed by atoms with Crippen molar-refractivity contribution in [2.24, 2.45) is 0 Å². The standard InChI is InChI=1S/C19H21NO3/c1-19(2,18(22)23)16-11-9-14(10-12-16)13-5-7-15(8-6-13)17(21)20(3)4/h5-12H,1-4H3,(H,22,23). The van der Waals surface area contributed by atoms with Gasteiger partial charge in [-0.25, -0.2) is 0 Å². The molecule has 0 aromatic heterocycles. The Bertz CT molecular complexity index is 713. The van der Waals surface area contributed by atoms with Crippen LogP contribution in [0.2, 0.25) is 0 Å². The molecule has 23 heavy (non-hydrogen) atoms. The minimum absolute atomic E-state index is 0.0323. The highest BCUT2D eigenvalue weighted by molar-refractivity contribution is 5.94. The molecule has 4 nitrogen and oxygen atoms in total. The maximum atomic E-state index is 11.9. The summed E-state index contributed by atoms with van der Waals surface area (Å²) in [4.78, 5) is 24.7. The fourth-order valence-electron chi connectivity index (χ4n) is 2.27. The second-order valence-electron chi connectivity index (χ2n) is 6.28. The van der Waals surface area contributed by atoms with Crippen LogP contribution in [0.3, 0.4) is 0 Å². The maximum Gasteiger partial charge on any atom is 0.313 e. The van der Waals surface area contributed by atoms with Crippen LogP contribution in [0, 0.1) is 0 Å². The quantitative estimate of drug-likeness (QED) is 0.941. The van der Waals surface area contributed by atoms with Gasteiger partial charge in [-0.05, 0) is 42.7 Å². The largest absolute Gasteiger partial charge is 0.481 e. The first-order chi connectivity index (χ1) is 10.7. The maximum absolute atomic E-state index is 11.9. The highest BCUT2D eigenvalue weighted by Crippen LogP contribution is 2.27. The molecule has 0 aliphatic heterocycles. The summed E-state index contributed by atoms with van der Waals surface area (Å²) in [5.74, 6) is -0.882. The van der Waals surface area contributed by atoms with Crippen molar-refractivity contribution in [2.45, 2.75) is 19.3 Å². The van der Waals surface area contributed by atoms with Crippen molar-refractivity contribution in [1.82, 2.24) is 4.90 Å². The van der Waals surface area contributed by atoms with Crippen LogP contribution in [0.5, 0.6) is 0 Å². The number of carboxylic acid groups (broad SMARTS) is 1. The third kappa shape index (κ3) is 3.42. The third-order valence-corrected chi connectivity index (χ3v) is 4.01. The molecule has 4 heteroatoms. The molecule has 120 valence electrons. The molecule has 0 saturated heterocycles. The number of rotatable bonds is 4. The van der Waals surface area contributed by atoms with Crippen molar-refractivity contribution in [3.8, 4) is 11.1 Å². The van der Waals surface area contributed by atoms with Gasteiger partial charge in [0.1, 0.15) is 0 Å². The molecular weight excluding hydrogens is 290 g/mol. The average Bonchev–Trinajstić information content (AvgIpc) is 2.54. The van der Waals surface area contributed by atoms with Gasteiger partial charge in [0, 0.05) is 19.7 Å². The van der Waals surface area contributed by atoms with E-state index < -0.39 is 11.4 Å². The Morgan fingerprint density at radius 1 is 0.870 bits per heavy atom. The summed E-state index contributed by atoms with van der Waals surface area (Å²) in [6.45, 7) is 3.37. The lowest BCUT2D eigenvalue weighted by molar-refractivity contribution is -0.142. The van der Waals surface area contributed by atoms with Gasteiger partial charge in [-0.1, -0.05) is 36.4 Å². The van der Waals surface area contributed by atoms with Crippen molar-refractivity contribution >= 4 is 11.9 Å². The van der Waals surface area contributed by atoms with E-state index in [2.05, 4.69) is 0 Å². The van der Waals surface area contributed by atoms with E-state index in [1.807, 2.05) is 36.4 Å². The van der Waals surface area contributed by atoms with E-state index in [4.69, 9.17) is 0 Å². The van der Waals surface area contributed by atoms with Crippen LogP contribution in [0.4, 0.5) is 0 Å². The first-order valence-electron chi connectivity index (χ1n) is 7.39. The molecule has 0 spiro atoms. The van der Waals surface area contributed by atoms with Crippen molar-refractivity contribution in [3.05, 3.63) is 59.7 Å². The third-order valence-electron chi connectivity index (χ3n) is 4.01. The minimum Gasteiger partial charge on any atom is -0.481 e. The van der Waals surface area contributed by atoms with Gasteiger partial charge >= 0.3 is 5.97 Å². The number of benzene rings is 2. The number of carbonyl (C=O) groups is 2. The Hall–Kier alpha value is -2.62. The van der Waals surface area contributed by atoms with Gasteiger partial charge in [0.05, 0.1) is 5.41 Å². The Balaban J connectivity index is 2.27. The highest BCUT2D eigenvalue weighted by Gasteiger charge is 2.29. The van der Waals surface area contributed by atoms with E-state index in [0.29, 0.717) is 5.56 Å². The molecule has 1 amide bonds. The van der Waals surface area contributed by atoms with Gasteiger partial charge in [0.25, 0.3) is 5.91 Å². The fraction of sp³-hybridized carbons (Fsp3) is 0.263. The summed E-state index contributed by atoms with van der Waals surface area (Å²) < 4.78 is 0. The minimum atomic E-state index is -0.916. The number of amides is 1. The zero-order chi connectivity index (χ0) is 17.2. The molecule has 0 fully saturated rings. The topological polar surface area (TPSA) is 57.6 Å².